The predicted octanol–water partition coefficient (Wildman–Crippen LogP) is -0.0809. The molecular weight excluding hydrogens is 166 g/mol. The molecule has 0 fully saturated rings. The van der Waals surface area contributed by atoms with Crippen molar-refractivity contribution in [2.45, 2.75) is 19.8 Å². The quantitative estimate of drug-likeness (QED) is 0.426. The van der Waals surface area contributed by atoms with Gasteiger partial charge in [-0.2, -0.15) is 0 Å². The highest BCUT2D eigenvalue weighted by Crippen LogP contribution is 1.80. The molecule has 0 amide bonds. The molecule has 0 aromatic heterocycles. The Morgan fingerprint density at radius 1 is 1.36 bits per heavy atom. The third kappa shape index (κ3) is 9.87. The third-order valence-corrected chi connectivity index (χ3v) is 1.51. The van der Waals surface area contributed by atoms with Crippen LogP contribution in [0.1, 0.15) is 19.8 Å². The second-order valence-corrected chi connectivity index (χ2v) is 2.87. The van der Waals surface area contributed by atoms with E-state index in [4.69, 9.17) is 0 Å². The maximum atomic E-state index is 9.88. The summed E-state index contributed by atoms with van der Waals surface area (Å²) in [7, 11) is -2.65. The summed E-state index contributed by atoms with van der Waals surface area (Å²) < 4.78 is 24.1. The highest BCUT2D eigenvalue weighted by Gasteiger charge is 1.88. The Labute approximate surface area is 69.1 Å². The van der Waals surface area contributed by atoms with Gasteiger partial charge in [0, 0.05) is 0 Å². The van der Waals surface area contributed by atoms with Gasteiger partial charge in [-0.05, 0) is 25.9 Å². The Kier molecular flexibility index (Phi) is 7.88. The monoisotopic (exact) mass is 181 g/mol. The van der Waals surface area contributed by atoms with Crippen molar-refractivity contribution in [1.29, 1.82) is 0 Å². The lowest BCUT2D eigenvalue weighted by atomic mass is 10.4. The van der Waals surface area contributed by atoms with Crippen LogP contribution in [0.5, 0.6) is 0 Å². The molecule has 0 bridgehead atoms. The molecular formula is C6H15NO3S. The van der Waals surface area contributed by atoms with Gasteiger partial charge < -0.3 is 5.32 Å². The van der Waals surface area contributed by atoms with Gasteiger partial charge in [0.15, 0.2) is 0 Å². The average molecular weight is 181 g/mol. The lowest BCUT2D eigenvalue weighted by molar-refractivity contribution is 0.324. The Hall–Kier alpha value is -0.130. The minimum atomic E-state index is -2.65. The van der Waals surface area contributed by atoms with Gasteiger partial charge in [0.1, 0.15) is 0 Å². The van der Waals surface area contributed by atoms with Crippen LogP contribution in [0.15, 0.2) is 0 Å². The molecule has 0 aromatic carbocycles. The average Bonchev–Trinajstić information content (AvgIpc) is 1.96. The highest BCUT2D eigenvalue weighted by molar-refractivity contribution is 7.67. The summed E-state index contributed by atoms with van der Waals surface area (Å²) in [5.74, 6) is 0. The summed E-state index contributed by atoms with van der Waals surface area (Å²) >= 11 is 0. The second-order valence-electron chi connectivity index (χ2n) is 2.16. The van der Waals surface area contributed by atoms with Crippen LogP contribution in [0.25, 0.3) is 0 Å². The smallest absolute Gasteiger partial charge is 0.257 e. The molecule has 0 unspecified atom stereocenters. The van der Waals surface area contributed by atoms with Gasteiger partial charge in [0.25, 0.3) is 11.0 Å². The van der Waals surface area contributed by atoms with E-state index >= 15 is 0 Å². The van der Waals surface area contributed by atoms with Crippen LogP contribution in [0.4, 0.5) is 0 Å². The number of hydrogen-bond acceptors (Lipinski definition) is 4. The van der Waals surface area contributed by atoms with E-state index in [1.807, 2.05) is 0 Å². The molecule has 5 heteroatoms. The van der Waals surface area contributed by atoms with Crippen molar-refractivity contribution < 1.29 is 12.6 Å². The Bertz CT molecular complexity index is 139. The zero-order chi connectivity index (χ0) is 8.53. The Morgan fingerprint density at radius 3 is 2.64 bits per heavy atom. The fourth-order valence-electron chi connectivity index (χ4n) is 0.638. The minimum absolute atomic E-state index is 0.287. The molecule has 0 radical (unpaired) electrons. The van der Waals surface area contributed by atoms with Gasteiger partial charge in [0.05, 0.1) is 6.61 Å². The third-order valence-electron chi connectivity index (χ3n) is 1.12. The first-order valence-electron chi connectivity index (χ1n) is 3.75. The van der Waals surface area contributed by atoms with Crippen LogP contribution in [0.2, 0.25) is 0 Å². The first-order chi connectivity index (χ1) is 5.27. The molecule has 0 saturated heterocycles. The molecule has 0 aliphatic heterocycles. The van der Waals surface area contributed by atoms with Crippen molar-refractivity contribution in [2.75, 3.05) is 19.7 Å². The summed E-state index contributed by atoms with van der Waals surface area (Å²) in [5, 5.41) is 3.13. The van der Waals surface area contributed by atoms with Gasteiger partial charge >= 0.3 is 0 Å². The van der Waals surface area contributed by atoms with Crippen molar-refractivity contribution in [3.05, 3.63) is 0 Å². The fourth-order valence-corrected chi connectivity index (χ4v) is 0.916. The summed E-state index contributed by atoms with van der Waals surface area (Å²) in [6.07, 6.45) is 1.83. The number of hydrogen-bond donors (Lipinski definition) is 2. The van der Waals surface area contributed by atoms with Crippen molar-refractivity contribution in [3.63, 3.8) is 0 Å². The van der Waals surface area contributed by atoms with Crippen LogP contribution >= 0.6 is 0 Å². The number of nitrogens with one attached hydrogen (secondary N) is 1. The first kappa shape index (κ1) is 10.9. The Morgan fingerprint density at radius 2 is 2.09 bits per heavy atom. The van der Waals surface area contributed by atoms with Crippen LogP contribution < -0.4 is 5.32 Å². The van der Waals surface area contributed by atoms with E-state index in [-0.39, 0.29) is 6.61 Å². The van der Waals surface area contributed by atoms with Crippen LogP contribution in [0.3, 0.4) is 0 Å². The topological polar surface area (TPSA) is 55.4 Å². The van der Waals surface area contributed by atoms with Gasteiger partial charge in [-0.25, -0.2) is 8.42 Å². The second kappa shape index (κ2) is 7.97. The molecule has 0 spiro atoms. The van der Waals surface area contributed by atoms with Gasteiger partial charge in [0.2, 0.25) is 0 Å². The first-order valence-corrected chi connectivity index (χ1v) is 4.85. The van der Waals surface area contributed by atoms with E-state index in [1.54, 1.807) is 0 Å². The molecule has 1 N–H and O–H groups in total. The molecule has 0 atom stereocenters. The number of thiol groups is 1. The van der Waals surface area contributed by atoms with E-state index in [1.165, 1.54) is 0 Å². The Balaban J connectivity index is 2.90. The van der Waals surface area contributed by atoms with Crippen molar-refractivity contribution >= 4 is 11.0 Å². The lowest BCUT2D eigenvalue weighted by Crippen LogP contribution is -2.17. The zero-order valence-corrected chi connectivity index (χ0v) is 7.60. The van der Waals surface area contributed by atoms with Crippen molar-refractivity contribution in [2.24, 2.45) is 0 Å². The SMILES string of the molecule is CCCNCCCO[SH](=O)=O. The molecule has 0 aliphatic carbocycles. The van der Waals surface area contributed by atoms with Crippen LogP contribution in [-0.4, -0.2) is 28.1 Å². The minimum Gasteiger partial charge on any atom is -0.317 e. The molecule has 0 heterocycles. The van der Waals surface area contributed by atoms with Gasteiger partial charge in [-0.3, -0.25) is 4.18 Å². The molecule has 4 nitrogen and oxygen atoms in total. The standard InChI is InChI=1S/C6H15NO3S/c1-2-4-7-5-3-6-10-11(8)9/h7,11H,2-6H2,1H3. The van der Waals surface area contributed by atoms with E-state index in [0.717, 1.165) is 25.9 Å². The largest absolute Gasteiger partial charge is 0.317 e. The van der Waals surface area contributed by atoms with E-state index in [9.17, 15) is 8.42 Å². The van der Waals surface area contributed by atoms with Gasteiger partial charge in [-0.1, -0.05) is 6.92 Å². The highest BCUT2D eigenvalue weighted by atomic mass is 32.2. The lowest BCUT2D eigenvalue weighted by Gasteiger charge is -1.99. The van der Waals surface area contributed by atoms with Gasteiger partial charge in [-0.15, -0.1) is 0 Å². The molecule has 0 rings (SSSR count). The zero-order valence-electron chi connectivity index (χ0n) is 6.71. The van der Waals surface area contributed by atoms with Crippen LogP contribution in [-0.2, 0) is 15.2 Å². The fraction of sp³-hybridized carbons (Fsp3) is 1.00. The van der Waals surface area contributed by atoms with E-state index < -0.39 is 11.0 Å². The van der Waals surface area contributed by atoms with Crippen molar-refractivity contribution in [1.82, 2.24) is 5.32 Å². The molecule has 0 saturated carbocycles. The van der Waals surface area contributed by atoms with E-state index in [2.05, 4.69) is 16.4 Å². The summed E-state index contributed by atoms with van der Waals surface area (Å²) in [4.78, 5) is 0. The molecule has 0 aromatic rings. The van der Waals surface area contributed by atoms with E-state index in [0.29, 0.717) is 0 Å². The molecule has 68 valence electrons. The normalized spacial score (nSPS) is 10.7. The number of rotatable bonds is 7. The molecule has 0 aliphatic rings. The maximum Gasteiger partial charge on any atom is 0.257 e. The summed E-state index contributed by atoms with van der Waals surface area (Å²) in [6, 6.07) is 0. The van der Waals surface area contributed by atoms with Crippen LogP contribution in [0, 0.1) is 0 Å². The van der Waals surface area contributed by atoms with Crippen molar-refractivity contribution in [3.8, 4) is 0 Å². The maximum absolute atomic E-state index is 9.88. The predicted molar refractivity (Wildman–Crippen MR) is 44.0 cm³/mol. The summed E-state index contributed by atoms with van der Waals surface area (Å²) in [6.45, 7) is 4.16. The summed E-state index contributed by atoms with van der Waals surface area (Å²) in [5.41, 5.74) is 0. The molecule has 11 heavy (non-hydrogen) atoms.